The van der Waals surface area contributed by atoms with E-state index in [0.717, 1.165) is 17.7 Å². The number of methoxy groups -OCH3 is 1. The van der Waals surface area contributed by atoms with Gasteiger partial charge in [0.1, 0.15) is 16.5 Å². The Hall–Kier alpha value is -4.63. The van der Waals surface area contributed by atoms with Gasteiger partial charge in [-0.3, -0.25) is 14.4 Å². The molecule has 2 N–H and O–H groups in total. The molecular formula is C29H26ClN3O6. The molecule has 10 heteroatoms. The molecule has 0 unspecified atom stereocenters. The molecule has 0 aliphatic carbocycles. The largest absolute Gasteiger partial charge is 0.497 e. The van der Waals surface area contributed by atoms with Gasteiger partial charge in [-0.25, -0.2) is 9.69 Å². The number of halogens is 1. The van der Waals surface area contributed by atoms with E-state index >= 15 is 0 Å². The predicted octanol–water partition coefficient (Wildman–Crippen LogP) is 5.34. The maximum absolute atomic E-state index is 13.0. The maximum atomic E-state index is 13.0. The number of nitrogens with zero attached hydrogens (tertiary/aromatic N) is 1. The number of imide groups is 1. The van der Waals surface area contributed by atoms with Gasteiger partial charge in [-0.1, -0.05) is 31.0 Å². The van der Waals surface area contributed by atoms with Gasteiger partial charge in [0.25, 0.3) is 17.7 Å². The predicted molar refractivity (Wildman–Crippen MR) is 148 cm³/mol. The fourth-order valence-corrected chi connectivity index (χ4v) is 3.96. The van der Waals surface area contributed by atoms with Crippen molar-refractivity contribution in [3.63, 3.8) is 0 Å². The monoisotopic (exact) mass is 547 g/mol. The summed E-state index contributed by atoms with van der Waals surface area (Å²) in [5.41, 5.74) is 1.86. The van der Waals surface area contributed by atoms with E-state index in [1.807, 2.05) is 6.92 Å². The lowest BCUT2D eigenvalue weighted by atomic mass is 10.1. The van der Waals surface area contributed by atoms with E-state index in [4.69, 9.17) is 21.1 Å². The summed E-state index contributed by atoms with van der Waals surface area (Å²) in [7, 11) is 1.52. The van der Waals surface area contributed by atoms with Crippen LogP contribution in [0.15, 0.2) is 83.5 Å². The molecule has 39 heavy (non-hydrogen) atoms. The lowest BCUT2D eigenvalue weighted by Crippen LogP contribution is -2.32. The zero-order valence-corrected chi connectivity index (χ0v) is 22.1. The number of esters is 1. The van der Waals surface area contributed by atoms with E-state index in [-0.39, 0.29) is 10.7 Å². The summed E-state index contributed by atoms with van der Waals surface area (Å²) in [5, 5.41) is 5.39. The van der Waals surface area contributed by atoms with Crippen LogP contribution in [0.4, 0.5) is 17.1 Å². The van der Waals surface area contributed by atoms with E-state index in [9.17, 15) is 19.2 Å². The SMILES string of the molecule is CCCCOC(=O)c1cccc(NC(=O)c2ccc(NC3=C(Cl)C(=O)N(c4ccc(OC)cc4)C3=O)cc2)c1. The van der Waals surface area contributed by atoms with Crippen molar-refractivity contribution in [1.29, 1.82) is 0 Å². The van der Waals surface area contributed by atoms with Crippen LogP contribution in [0.25, 0.3) is 0 Å². The van der Waals surface area contributed by atoms with Crippen LogP contribution < -0.4 is 20.3 Å². The Kier molecular flexibility index (Phi) is 8.63. The van der Waals surface area contributed by atoms with E-state index in [0.29, 0.717) is 40.5 Å². The maximum Gasteiger partial charge on any atom is 0.338 e. The standard InChI is InChI=1S/C29H26ClN3O6/c1-3-4-16-39-29(37)19-6-5-7-21(17-19)32-26(34)18-8-10-20(11-9-18)31-25-24(30)27(35)33(28(25)36)22-12-14-23(38-2)15-13-22/h5-15,17,31H,3-4,16H2,1-2H3,(H,32,34). The summed E-state index contributed by atoms with van der Waals surface area (Å²) in [6.07, 6.45) is 1.70. The third-order valence-electron chi connectivity index (χ3n) is 5.86. The second-order valence-electron chi connectivity index (χ2n) is 8.56. The molecular weight excluding hydrogens is 522 g/mol. The summed E-state index contributed by atoms with van der Waals surface area (Å²) in [5.74, 6) is -1.52. The molecule has 0 spiro atoms. The van der Waals surface area contributed by atoms with Crippen LogP contribution >= 0.6 is 11.6 Å². The molecule has 1 aliphatic rings. The molecule has 9 nitrogen and oxygen atoms in total. The van der Waals surface area contributed by atoms with Crippen molar-refractivity contribution < 1.29 is 28.7 Å². The highest BCUT2D eigenvalue weighted by molar-refractivity contribution is 6.53. The number of unbranched alkanes of at least 4 members (excludes halogenated alkanes) is 1. The number of hydrogen-bond acceptors (Lipinski definition) is 7. The molecule has 3 aromatic rings. The van der Waals surface area contributed by atoms with E-state index in [2.05, 4.69) is 10.6 Å². The van der Waals surface area contributed by atoms with Gasteiger partial charge >= 0.3 is 5.97 Å². The highest BCUT2D eigenvalue weighted by atomic mass is 35.5. The van der Waals surface area contributed by atoms with Crippen LogP contribution in [0.5, 0.6) is 5.75 Å². The van der Waals surface area contributed by atoms with Crippen LogP contribution in [0.3, 0.4) is 0 Å². The van der Waals surface area contributed by atoms with Gasteiger partial charge in [-0.15, -0.1) is 0 Å². The van der Waals surface area contributed by atoms with Crippen molar-refractivity contribution in [2.45, 2.75) is 19.8 Å². The molecule has 3 amide bonds. The quantitative estimate of drug-likeness (QED) is 0.200. The first kappa shape index (κ1) is 27.4. The fraction of sp³-hybridized carbons (Fsp3) is 0.172. The molecule has 0 saturated carbocycles. The first-order valence-electron chi connectivity index (χ1n) is 12.2. The Morgan fingerprint density at radius 1 is 0.897 bits per heavy atom. The summed E-state index contributed by atoms with van der Waals surface area (Å²) in [4.78, 5) is 51.6. The first-order valence-corrected chi connectivity index (χ1v) is 12.6. The molecule has 3 aromatic carbocycles. The number of nitrogens with one attached hydrogen (secondary N) is 2. The van der Waals surface area contributed by atoms with Gasteiger partial charge in [0.05, 0.1) is 25.0 Å². The minimum atomic E-state index is -0.651. The van der Waals surface area contributed by atoms with Crippen LogP contribution in [0, 0.1) is 0 Å². The summed E-state index contributed by atoms with van der Waals surface area (Å²) in [6, 6.07) is 19.2. The van der Waals surface area contributed by atoms with Gasteiger partial charge in [0, 0.05) is 16.9 Å². The third-order valence-corrected chi connectivity index (χ3v) is 6.21. The summed E-state index contributed by atoms with van der Waals surface area (Å²) in [6.45, 7) is 2.35. The molecule has 200 valence electrons. The molecule has 4 rings (SSSR count). The number of ether oxygens (including phenoxy) is 2. The van der Waals surface area contributed by atoms with Crippen molar-refractivity contribution in [2.24, 2.45) is 0 Å². The number of anilines is 3. The number of carbonyl (C=O) groups excluding carboxylic acids is 4. The Labute approximate surface area is 230 Å². The average molecular weight is 548 g/mol. The Morgan fingerprint density at radius 2 is 1.62 bits per heavy atom. The van der Waals surface area contributed by atoms with Crippen molar-refractivity contribution in [1.82, 2.24) is 0 Å². The normalized spacial score (nSPS) is 12.9. The molecule has 1 heterocycles. The average Bonchev–Trinajstić information content (AvgIpc) is 3.16. The lowest BCUT2D eigenvalue weighted by molar-refractivity contribution is -0.120. The van der Waals surface area contributed by atoms with Crippen LogP contribution in [-0.2, 0) is 14.3 Å². The van der Waals surface area contributed by atoms with Gasteiger partial charge in [0.15, 0.2) is 0 Å². The highest BCUT2D eigenvalue weighted by Crippen LogP contribution is 2.31. The van der Waals surface area contributed by atoms with Gasteiger partial charge in [0.2, 0.25) is 0 Å². The van der Waals surface area contributed by atoms with Gasteiger partial charge in [-0.2, -0.15) is 0 Å². The number of amides is 3. The second kappa shape index (κ2) is 12.3. The van der Waals surface area contributed by atoms with E-state index < -0.39 is 23.7 Å². The number of carbonyl (C=O) groups is 4. The number of rotatable bonds is 10. The zero-order valence-electron chi connectivity index (χ0n) is 21.3. The Balaban J connectivity index is 1.41. The van der Waals surface area contributed by atoms with Crippen LogP contribution in [0.2, 0.25) is 0 Å². The fourth-order valence-electron chi connectivity index (χ4n) is 3.75. The number of benzene rings is 3. The Morgan fingerprint density at radius 3 is 2.28 bits per heavy atom. The first-order chi connectivity index (χ1) is 18.8. The van der Waals surface area contributed by atoms with Crippen LogP contribution in [0.1, 0.15) is 40.5 Å². The lowest BCUT2D eigenvalue weighted by Gasteiger charge is -2.15. The van der Waals surface area contributed by atoms with Gasteiger partial charge < -0.3 is 20.1 Å². The van der Waals surface area contributed by atoms with Gasteiger partial charge in [-0.05, 0) is 73.2 Å². The second-order valence-corrected chi connectivity index (χ2v) is 8.94. The topological polar surface area (TPSA) is 114 Å². The molecule has 0 saturated heterocycles. The highest BCUT2D eigenvalue weighted by Gasteiger charge is 2.39. The summed E-state index contributed by atoms with van der Waals surface area (Å²) < 4.78 is 10.3. The molecule has 1 aliphatic heterocycles. The van der Waals surface area contributed by atoms with E-state index in [1.54, 1.807) is 72.8 Å². The minimum Gasteiger partial charge on any atom is -0.497 e. The molecule has 0 radical (unpaired) electrons. The van der Waals surface area contributed by atoms with Crippen molar-refractivity contribution in [2.75, 3.05) is 29.3 Å². The number of hydrogen-bond donors (Lipinski definition) is 2. The smallest absolute Gasteiger partial charge is 0.338 e. The van der Waals surface area contributed by atoms with Crippen molar-refractivity contribution in [3.05, 3.63) is 94.7 Å². The minimum absolute atomic E-state index is 0.0719. The molecule has 0 fully saturated rings. The third kappa shape index (κ3) is 6.27. The van der Waals surface area contributed by atoms with E-state index in [1.165, 1.54) is 7.11 Å². The Bertz CT molecular complexity index is 1430. The van der Waals surface area contributed by atoms with Crippen molar-refractivity contribution in [3.8, 4) is 5.75 Å². The molecule has 0 aromatic heterocycles. The van der Waals surface area contributed by atoms with Crippen LogP contribution in [-0.4, -0.2) is 37.4 Å². The van der Waals surface area contributed by atoms with Crippen molar-refractivity contribution >= 4 is 52.4 Å². The molecule has 0 bridgehead atoms. The molecule has 0 atom stereocenters. The zero-order chi connectivity index (χ0) is 27.9. The summed E-state index contributed by atoms with van der Waals surface area (Å²) >= 11 is 6.20.